The first kappa shape index (κ1) is 18.1. The number of carbonyl (C=O) groups excluding carboxylic acids is 2. The molecule has 3 amide bonds. The average molecular weight is 365 g/mol. The summed E-state index contributed by atoms with van der Waals surface area (Å²) < 4.78 is 19.3. The molecule has 2 aliphatic rings. The molecular weight excluding hydrogens is 345 g/mol. The van der Waals surface area contributed by atoms with Gasteiger partial charge in [0, 0.05) is 38.5 Å². The number of halogens is 1. The number of amides is 3. The third-order valence-electron chi connectivity index (χ3n) is 4.85. The fourth-order valence-corrected chi connectivity index (χ4v) is 3.15. The molecule has 2 aliphatic heterocycles. The molecule has 8 nitrogen and oxygen atoms in total. The van der Waals surface area contributed by atoms with Gasteiger partial charge >= 0.3 is 12.0 Å². The van der Waals surface area contributed by atoms with Crippen LogP contribution >= 0.6 is 0 Å². The largest absolute Gasteiger partial charge is 0.481 e. The summed E-state index contributed by atoms with van der Waals surface area (Å²) in [6.45, 7) is 1.39. The van der Waals surface area contributed by atoms with Crippen LogP contribution in [0.1, 0.15) is 23.2 Å². The van der Waals surface area contributed by atoms with E-state index in [0.717, 1.165) is 6.07 Å². The van der Waals surface area contributed by atoms with Crippen LogP contribution in [0.25, 0.3) is 0 Å². The van der Waals surface area contributed by atoms with E-state index in [-0.39, 0.29) is 31.0 Å². The minimum atomic E-state index is -1.11. The third-order valence-corrected chi connectivity index (χ3v) is 4.85. The van der Waals surface area contributed by atoms with Gasteiger partial charge in [-0.25, -0.2) is 9.18 Å². The molecule has 0 aromatic heterocycles. The summed E-state index contributed by atoms with van der Waals surface area (Å²) in [7, 11) is 0. The van der Waals surface area contributed by atoms with Gasteiger partial charge in [0.15, 0.2) is 0 Å². The van der Waals surface area contributed by atoms with Gasteiger partial charge in [-0.1, -0.05) is 0 Å². The van der Waals surface area contributed by atoms with Gasteiger partial charge in [0.05, 0.1) is 11.0 Å². The van der Waals surface area contributed by atoms with Crippen LogP contribution in [-0.4, -0.2) is 55.9 Å². The van der Waals surface area contributed by atoms with Crippen molar-refractivity contribution in [3.8, 4) is 0 Å². The number of nitrogens with one attached hydrogen (secondary N) is 2. The number of hydrogen-bond acceptors (Lipinski definition) is 4. The van der Waals surface area contributed by atoms with Crippen LogP contribution in [0.4, 0.5) is 14.9 Å². The van der Waals surface area contributed by atoms with Crippen molar-refractivity contribution in [2.75, 3.05) is 37.7 Å². The van der Waals surface area contributed by atoms with E-state index in [4.69, 9.17) is 4.74 Å². The number of carbonyl (C=O) groups is 3. The molecule has 140 valence electrons. The van der Waals surface area contributed by atoms with Crippen molar-refractivity contribution in [1.82, 2.24) is 10.6 Å². The molecule has 2 saturated heterocycles. The first-order chi connectivity index (χ1) is 12.4. The normalized spacial score (nSPS) is 19.1. The number of aliphatic carboxylic acids is 1. The Labute approximate surface area is 149 Å². The van der Waals surface area contributed by atoms with Gasteiger partial charge in [0.1, 0.15) is 5.82 Å². The van der Waals surface area contributed by atoms with Gasteiger partial charge in [-0.05, 0) is 31.0 Å². The first-order valence-electron chi connectivity index (χ1n) is 8.37. The molecule has 9 heteroatoms. The van der Waals surface area contributed by atoms with E-state index >= 15 is 0 Å². The Balaban J connectivity index is 1.75. The van der Waals surface area contributed by atoms with Crippen molar-refractivity contribution >= 4 is 23.6 Å². The third kappa shape index (κ3) is 3.48. The first-order valence-corrected chi connectivity index (χ1v) is 8.37. The Hall–Kier alpha value is -2.68. The Morgan fingerprint density at radius 3 is 2.69 bits per heavy atom. The fraction of sp³-hybridized carbons (Fsp3) is 0.471. The zero-order valence-electron chi connectivity index (χ0n) is 14.1. The topological polar surface area (TPSA) is 108 Å². The summed E-state index contributed by atoms with van der Waals surface area (Å²) in [6, 6.07) is 3.54. The van der Waals surface area contributed by atoms with Crippen molar-refractivity contribution in [3.05, 3.63) is 29.6 Å². The van der Waals surface area contributed by atoms with Crippen LogP contribution in [0.15, 0.2) is 18.2 Å². The van der Waals surface area contributed by atoms with Crippen LogP contribution in [0.5, 0.6) is 0 Å². The molecule has 3 rings (SSSR count). The number of rotatable bonds is 5. The summed E-state index contributed by atoms with van der Waals surface area (Å²) in [5.74, 6) is -2.46. The number of urea groups is 1. The number of carboxylic acid groups (broad SMARTS) is 1. The number of nitrogens with zero attached hydrogens (tertiary/aromatic N) is 1. The van der Waals surface area contributed by atoms with Crippen LogP contribution in [0.3, 0.4) is 0 Å². The summed E-state index contributed by atoms with van der Waals surface area (Å²) in [5, 5.41) is 14.7. The molecule has 0 radical (unpaired) electrons. The Kier molecular flexibility index (Phi) is 5.08. The Morgan fingerprint density at radius 1 is 1.35 bits per heavy atom. The molecule has 0 aliphatic carbocycles. The lowest BCUT2D eigenvalue weighted by atomic mass is 9.80. The second-order valence-electron chi connectivity index (χ2n) is 6.43. The van der Waals surface area contributed by atoms with Gasteiger partial charge in [-0.2, -0.15) is 0 Å². The standard InChI is InChI=1S/C17H20FN3O5/c18-13-2-1-11(21-6-5-19-16(21)25)9-12(13)14(22)20-10-17(15(23)24)3-7-26-8-4-17/h1-2,9H,3-8,10H2,(H,19,25)(H,20,22)(H,23,24). The van der Waals surface area contributed by atoms with Gasteiger partial charge in [0.25, 0.3) is 5.91 Å². The van der Waals surface area contributed by atoms with Crippen molar-refractivity contribution in [1.29, 1.82) is 0 Å². The molecular formula is C17H20FN3O5. The Bertz CT molecular complexity index is 733. The zero-order valence-corrected chi connectivity index (χ0v) is 14.1. The highest BCUT2D eigenvalue weighted by atomic mass is 19.1. The Morgan fingerprint density at radius 2 is 2.08 bits per heavy atom. The van der Waals surface area contributed by atoms with E-state index in [9.17, 15) is 23.9 Å². The monoisotopic (exact) mass is 365 g/mol. The van der Waals surface area contributed by atoms with Gasteiger partial charge in [0.2, 0.25) is 0 Å². The van der Waals surface area contributed by atoms with Crippen LogP contribution < -0.4 is 15.5 Å². The highest BCUT2D eigenvalue weighted by Crippen LogP contribution is 2.30. The summed E-state index contributed by atoms with van der Waals surface area (Å²) in [6.07, 6.45) is 0.554. The highest BCUT2D eigenvalue weighted by Gasteiger charge is 2.40. The summed E-state index contributed by atoms with van der Waals surface area (Å²) in [4.78, 5) is 37.2. The maximum absolute atomic E-state index is 14.1. The van der Waals surface area contributed by atoms with E-state index in [2.05, 4.69) is 10.6 Å². The smallest absolute Gasteiger partial charge is 0.321 e. The number of ether oxygens (including phenoxy) is 1. The molecule has 1 aromatic carbocycles. The van der Waals surface area contributed by atoms with E-state index in [1.165, 1.54) is 17.0 Å². The molecule has 26 heavy (non-hydrogen) atoms. The molecule has 0 bridgehead atoms. The zero-order chi connectivity index (χ0) is 18.7. The predicted molar refractivity (Wildman–Crippen MR) is 89.6 cm³/mol. The maximum Gasteiger partial charge on any atom is 0.321 e. The minimum Gasteiger partial charge on any atom is -0.481 e. The lowest BCUT2D eigenvalue weighted by Gasteiger charge is -2.33. The van der Waals surface area contributed by atoms with E-state index in [1.807, 2.05) is 0 Å². The lowest BCUT2D eigenvalue weighted by Crippen LogP contribution is -2.46. The lowest BCUT2D eigenvalue weighted by molar-refractivity contribution is -0.154. The molecule has 3 N–H and O–H groups in total. The molecule has 2 fully saturated rings. The van der Waals surface area contributed by atoms with Gasteiger partial charge in [-0.15, -0.1) is 0 Å². The van der Waals surface area contributed by atoms with Crippen molar-refractivity contribution in [2.45, 2.75) is 12.8 Å². The van der Waals surface area contributed by atoms with Crippen molar-refractivity contribution in [3.63, 3.8) is 0 Å². The van der Waals surface area contributed by atoms with Gasteiger partial charge < -0.3 is 20.5 Å². The quantitative estimate of drug-likeness (QED) is 0.721. The minimum absolute atomic E-state index is 0.113. The summed E-state index contributed by atoms with van der Waals surface area (Å²) in [5.41, 5.74) is -0.933. The molecule has 2 heterocycles. The van der Waals surface area contributed by atoms with E-state index in [1.54, 1.807) is 0 Å². The van der Waals surface area contributed by atoms with Crippen LogP contribution in [-0.2, 0) is 9.53 Å². The fourth-order valence-electron chi connectivity index (χ4n) is 3.15. The number of benzene rings is 1. The number of anilines is 1. The molecule has 0 unspecified atom stereocenters. The second-order valence-corrected chi connectivity index (χ2v) is 6.43. The SMILES string of the molecule is O=C(NCC1(C(=O)O)CCOCC1)c1cc(N2CCNC2=O)ccc1F. The number of hydrogen-bond donors (Lipinski definition) is 3. The maximum atomic E-state index is 14.1. The highest BCUT2D eigenvalue weighted by molar-refractivity contribution is 5.98. The van der Waals surface area contributed by atoms with Crippen molar-refractivity contribution in [2.24, 2.45) is 5.41 Å². The molecule has 1 aromatic rings. The van der Waals surface area contributed by atoms with Gasteiger partial charge in [-0.3, -0.25) is 14.5 Å². The van der Waals surface area contributed by atoms with Crippen LogP contribution in [0.2, 0.25) is 0 Å². The van der Waals surface area contributed by atoms with E-state index < -0.39 is 23.1 Å². The summed E-state index contributed by atoms with van der Waals surface area (Å²) >= 11 is 0. The number of carboxylic acids is 1. The van der Waals surface area contributed by atoms with E-state index in [0.29, 0.717) is 32.0 Å². The molecule has 0 atom stereocenters. The average Bonchev–Trinajstić information content (AvgIpc) is 3.07. The second kappa shape index (κ2) is 7.28. The molecule has 0 saturated carbocycles. The van der Waals surface area contributed by atoms with Crippen molar-refractivity contribution < 1.29 is 28.6 Å². The predicted octanol–water partition coefficient (Wildman–Crippen LogP) is 0.966. The molecule has 0 spiro atoms. The van der Waals surface area contributed by atoms with Crippen LogP contribution in [0, 0.1) is 11.2 Å².